The Bertz CT molecular complexity index is 692. The number of halogens is 3. The van der Waals surface area contributed by atoms with Crippen molar-refractivity contribution >= 4 is 40.3 Å². The van der Waals surface area contributed by atoms with Gasteiger partial charge in [0.25, 0.3) is 5.91 Å². The fraction of sp³-hybridized carbons (Fsp3) is 0.308. The summed E-state index contributed by atoms with van der Waals surface area (Å²) >= 11 is 1.58. The lowest BCUT2D eigenvalue weighted by Gasteiger charge is -2.29. The number of nitrogens with one attached hydrogen (secondary N) is 1. The normalized spacial score (nSPS) is 21.6. The third kappa shape index (κ3) is 2.21. The average Bonchev–Trinajstić information content (AvgIpc) is 2.73. The number of hydrogen-bond donors (Lipinski definition) is 1. The van der Waals surface area contributed by atoms with Crippen LogP contribution in [0.5, 0.6) is 0 Å². The van der Waals surface area contributed by atoms with Gasteiger partial charge in [0.1, 0.15) is 6.04 Å². The van der Waals surface area contributed by atoms with Crippen LogP contribution < -0.4 is 5.32 Å². The molecule has 8 heteroatoms. The maximum atomic E-state index is 13.6. The first kappa shape index (κ1) is 14.4. The van der Waals surface area contributed by atoms with Crippen molar-refractivity contribution < 1.29 is 23.2 Å². The molecule has 2 heterocycles. The second kappa shape index (κ2) is 5.00. The van der Waals surface area contributed by atoms with Crippen molar-refractivity contribution in [1.29, 1.82) is 0 Å². The first-order chi connectivity index (χ1) is 9.90. The van der Waals surface area contributed by atoms with E-state index >= 15 is 0 Å². The van der Waals surface area contributed by atoms with Gasteiger partial charge in [-0.05, 0) is 40.6 Å². The van der Waals surface area contributed by atoms with Crippen LogP contribution in [0.3, 0.4) is 0 Å². The lowest BCUT2D eigenvalue weighted by molar-refractivity contribution is -0.136. The van der Waals surface area contributed by atoms with E-state index in [2.05, 4.69) is 5.32 Å². The van der Waals surface area contributed by atoms with Crippen molar-refractivity contribution in [1.82, 2.24) is 10.2 Å². The van der Waals surface area contributed by atoms with Gasteiger partial charge in [0, 0.05) is 13.0 Å². The molecule has 1 aromatic carbocycles. The summed E-state index contributed by atoms with van der Waals surface area (Å²) in [4.78, 5) is 36.6. The molecule has 2 aliphatic rings. The molecule has 0 saturated carbocycles. The minimum absolute atomic E-state index is 0.0354. The highest BCUT2D eigenvalue weighted by Gasteiger charge is 2.41. The maximum absolute atomic E-state index is 13.6. The standard InChI is InChI=1S/C13H9F2IN2O3/c14-6-3-5-4-18(7-1-2-8(19)17-12(7)20)13(21)9(5)11(16)10(6)15/h3,7H,1-2,4H2,(H,17,19,20)/t7-/m1/s1. The van der Waals surface area contributed by atoms with Gasteiger partial charge in [-0.2, -0.15) is 0 Å². The highest BCUT2D eigenvalue weighted by molar-refractivity contribution is 14.1. The van der Waals surface area contributed by atoms with Crippen molar-refractivity contribution in [2.24, 2.45) is 0 Å². The summed E-state index contributed by atoms with van der Waals surface area (Å²) in [5, 5.41) is 2.17. The third-order valence-corrected chi connectivity index (χ3v) is 4.66. The number of piperidine rings is 1. The Morgan fingerprint density at radius 1 is 1.29 bits per heavy atom. The van der Waals surface area contributed by atoms with Crippen molar-refractivity contribution in [2.75, 3.05) is 0 Å². The Morgan fingerprint density at radius 2 is 2.00 bits per heavy atom. The fourth-order valence-electron chi connectivity index (χ4n) is 2.63. The van der Waals surface area contributed by atoms with Crippen LogP contribution in [0.25, 0.3) is 0 Å². The molecular formula is C13H9F2IN2O3. The van der Waals surface area contributed by atoms with Gasteiger partial charge in [-0.25, -0.2) is 8.78 Å². The topological polar surface area (TPSA) is 66.5 Å². The van der Waals surface area contributed by atoms with Gasteiger partial charge < -0.3 is 4.90 Å². The molecular weight excluding hydrogens is 397 g/mol. The molecule has 110 valence electrons. The number of carbonyl (C=O) groups is 3. The number of imide groups is 1. The maximum Gasteiger partial charge on any atom is 0.256 e. The summed E-state index contributed by atoms with van der Waals surface area (Å²) in [5.74, 6) is -3.53. The van der Waals surface area contributed by atoms with E-state index in [1.165, 1.54) is 4.90 Å². The van der Waals surface area contributed by atoms with E-state index in [4.69, 9.17) is 0 Å². The number of fused-ring (bicyclic) bond motifs is 1. The van der Waals surface area contributed by atoms with E-state index in [0.717, 1.165) is 6.07 Å². The quantitative estimate of drug-likeness (QED) is 0.435. The van der Waals surface area contributed by atoms with Crippen LogP contribution in [0.1, 0.15) is 28.8 Å². The number of amides is 3. The van der Waals surface area contributed by atoms with Crippen molar-refractivity contribution in [3.05, 3.63) is 32.4 Å². The Balaban J connectivity index is 1.96. The van der Waals surface area contributed by atoms with Gasteiger partial charge >= 0.3 is 0 Å². The van der Waals surface area contributed by atoms with Crippen LogP contribution in [0.2, 0.25) is 0 Å². The van der Waals surface area contributed by atoms with Crippen LogP contribution in [0, 0.1) is 15.2 Å². The zero-order chi connectivity index (χ0) is 15.3. The Morgan fingerprint density at radius 3 is 2.67 bits per heavy atom. The Kier molecular flexibility index (Phi) is 3.42. The zero-order valence-corrected chi connectivity index (χ0v) is 12.7. The average molecular weight is 406 g/mol. The van der Waals surface area contributed by atoms with E-state index in [9.17, 15) is 23.2 Å². The van der Waals surface area contributed by atoms with E-state index in [1.54, 1.807) is 22.6 Å². The van der Waals surface area contributed by atoms with Gasteiger partial charge in [-0.1, -0.05) is 0 Å². The summed E-state index contributed by atoms with van der Waals surface area (Å²) in [5.41, 5.74) is 0.451. The van der Waals surface area contributed by atoms with E-state index in [-0.39, 0.29) is 34.4 Å². The van der Waals surface area contributed by atoms with E-state index < -0.39 is 29.5 Å². The summed E-state index contributed by atoms with van der Waals surface area (Å²) < 4.78 is 26.9. The van der Waals surface area contributed by atoms with Crippen molar-refractivity contribution in [3.63, 3.8) is 0 Å². The van der Waals surface area contributed by atoms with Gasteiger partial charge in [-0.15, -0.1) is 0 Å². The summed E-state index contributed by atoms with van der Waals surface area (Å²) in [6.45, 7) is 0.0354. The molecule has 0 aliphatic carbocycles. The first-order valence-corrected chi connectivity index (χ1v) is 7.29. The van der Waals surface area contributed by atoms with E-state index in [0.29, 0.717) is 5.56 Å². The van der Waals surface area contributed by atoms with Crippen LogP contribution in [-0.2, 0) is 16.1 Å². The van der Waals surface area contributed by atoms with Crippen molar-refractivity contribution in [2.45, 2.75) is 25.4 Å². The number of benzene rings is 1. The third-order valence-electron chi connectivity index (χ3n) is 3.65. The highest BCUT2D eigenvalue weighted by atomic mass is 127. The lowest BCUT2D eigenvalue weighted by Crippen LogP contribution is -2.52. The highest BCUT2D eigenvalue weighted by Crippen LogP contribution is 2.32. The molecule has 3 amide bonds. The lowest BCUT2D eigenvalue weighted by atomic mass is 10.0. The largest absolute Gasteiger partial charge is 0.322 e. The number of carbonyl (C=O) groups excluding carboxylic acids is 3. The van der Waals surface area contributed by atoms with Gasteiger partial charge in [0.2, 0.25) is 11.8 Å². The minimum Gasteiger partial charge on any atom is -0.322 e. The molecule has 0 spiro atoms. The predicted octanol–water partition coefficient (Wildman–Crippen LogP) is 1.33. The molecule has 1 saturated heterocycles. The summed E-state index contributed by atoms with van der Waals surface area (Å²) in [6.07, 6.45) is 0.349. The van der Waals surface area contributed by atoms with Crippen LogP contribution in [0.15, 0.2) is 6.07 Å². The second-order valence-corrected chi connectivity index (χ2v) is 6.00. The smallest absolute Gasteiger partial charge is 0.256 e. The molecule has 1 N–H and O–H groups in total. The van der Waals surface area contributed by atoms with Crippen LogP contribution >= 0.6 is 22.6 Å². The first-order valence-electron chi connectivity index (χ1n) is 6.21. The molecule has 0 aromatic heterocycles. The van der Waals surface area contributed by atoms with E-state index in [1.807, 2.05) is 0 Å². The fourth-order valence-corrected chi connectivity index (χ4v) is 3.46. The molecule has 1 fully saturated rings. The van der Waals surface area contributed by atoms with Gasteiger partial charge in [0.15, 0.2) is 11.6 Å². The molecule has 1 aromatic rings. The van der Waals surface area contributed by atoms with Crippen LogP contribution in [0.4, 0.5) is 8.78 Å². The van der Waals surface area contributed by atoms with Gasteiger partial charge in [-0.3, -0.25) is 19.7 Å². The molecule has 1 atom stereocenters. The minimum atomic E-state index is -1.06. The molecule has 0 unspecified atom stereocenters. The molecule has 21 heavy (non-hydrogen) atoms. The molecule has 3 rings (SSSR count). The van der Waals surface area contributed by atoms with Crippen LogP contribution in [-0.4, -0.2) is 28.7 Å². The summed E-state index contributed by atoms with van der Waals surface area (Å²) in [7, 11) is 0. The predicted molar refractivity (Wildman–Crippen MR) is 75.1 cm³/mol. The SMILES string of the molecule is O=C1CC[C@@H](N2Cc3cc(F)c(F)c(I)c3C2=O)C(=O)N1. The molecule has 0 bridgehead atoms. The zero-order valence-electron chi connectivity index (χ0n) is 10.6. The second-order valence-electron chi connectivity index (χ2n) is 4.92. The monoisotopic (exact) mass is 406 g/mol. The molecule has 2 aliphatic heterocycles. The van der Waals surface area contributed by atoms with Crippen molar-refractivity contribution in [3.8, 4) is 0 Å². The Hall–Kier alpha value is -1.58. The molecule has 0 radical (unpaired) electrons. The van der Waals surface area contributed by atoms with Gasteiger partial charge in [0.05, 0.1) is 9.13 Å². The number of nitrogens with zero attached hydrogens (tertiary/aromatic N) is 1. The summed E-state index contributed by atoms with van der Waals surface area (Å²) in [6, 6.07) is 0.195. The number of rotatable bonds is 1. The molecule has 5 nitrogen and oxygen atoms in total. The number of hydrogen-bond acceptors (Lipinski definition) is 3. The Labute approximate surface area is 131 Å².